The van der Waals surface area contributed by atoms with E-state index in [0.29, 0.717) is 17.1 Å². The molecular formula is C25H36ClNO8S. The number of aliphatic hydroxyl groups is 6. The number of Topliss-reactive ketones (excluding diaryl/α,β-unsaturated/α-hetero) is 2. The van der Waals surface area contributed by atoms with Crippen LogP contribution in [-0.4, -0.2) is 71.3 Å². The number of aliphatic hydroxyl groups excluding tert-OH is 4. The summed E-state index contributed by atoms with van der Waals surface area (Å²) in [6.45, 7) is 3.56. The van der Waals surface area contributed by atoms with E-state index in [-0.39, 0.29) is 44.3 Å². The van der Waals surface area contributed by atoms with Crippen molar-refractivity contribution in [2.45, 2.75) is 89.3 Å². The third kappa shape index (κ3) is 8.44. The maximum atomic E-state index is 12.9. The van der Waals surface area contributed by atoms with Gasteiger partial charge in [-0.25, -0.2) is 4.98 Å². The zero-order valence-electron chi connectivity index (χ0n) is 20.5. The first-order valence-corrected chi connectivity index (χ1v) is 13.3. The summed E-state index contributed by atoms with van der Waals surface area (Å²) in [4.78, 5) is 30.0. The molecule has 1 heterocycles. The van der Waals surface area contributed by atoms with Gasteiger partial charge in [-0.2, -0.15) is 0 Å². The van der Waals surface area contributed by atoms with Gasteiger partial charge in [-0.3, -0.25) is 9.59 Å². The van der Waals surface area contributed by atoms with Crippen molar-refractivity contribution < 1.29 is 40.2 Å². The first kappa shape index (κ1) is 30.6. The van der Waals surface area contributed by atoms with Crippen molar-refractivity contribution in [2.24, 2.45) is 11.8 Å². The first-order chi connectivity index (χ1) is 16.9. The number of rotatable bonds is 4. The number of nitrogens with zero attached hydrogens (tertiary/aromatic N) is 1. The van der Waals surface area contributed by atoms with E-state index in [1.165, 1.54) is 17.4 Å². The lowest BCUT2D eigenvalue weighted by molar-refractivity contribution is -0.227. The van der Waals surface area contributed by atoms with Crippen molar-refractivity contribution in [1.29, 1.82) is 0 Å². The molecule has 0 aromatic carbocycles. The highest BCUT2D eigenvalue weighted by atomic mass is 35.5. The predicted molar refractivity (Wildman–Crippen MR) is 136 cm³/mol. The number of aromatic nitrogens is 1. The highest BCUT2D eigenvalue weighted by molar-refractivity contribution is 7.09. The second-order valence-electron chi connectivity index (χ2n) is 9.35. The van der Waals surface area contributed by atoms with E-state index in [2.05, 4.69) is 4.98 Å². The fraction of sp³-hybridized carbons (Fsp3) is 0.640. The van der Waals surface area contributed by atoms with Crippen LogP contribution < -0.4 is 0 Å². The Balaban J connectivity index is 2.36. The number of aryl methyl sites for hydroxylation is 1. The molecule has 202 valence electrons. The Morgan fingerprint density at radius 1 is 1.25 bits per heavy atom. The molecule has 0 fully saturated rings. The predicted octanol–water partition coefficient (Wildman–Crippen LogP) is 2.76. The Kier molecular flexibility index (Phi) is 11.7. The van der Waals surface area contributed by atoms with Gasteiger partial charge in [-0.1, -0.05) is 24.9 Å². The summed E-state index contributed by atoms with van der Waals surface area (Å²) in [5, 5.41) is 65.6. The van der Waals surface area contributed by atoms with Crippen LogP contribution in [-0.2, 0) is 9.59 Å². The Labute approximate surface area is 219 Å². The van der Waals surface area contributed by atoms with Gasteiger partial charge >= 0.3 is 0 Å². The maximum absolute atomic E-state index is 12.9. The van der Waals surface area contributed by atoms with Crippen molar-refractivity contribution in [3.8, 4) is 0 Å². The van der Waals surface area contributed by atoms with Crippen LogP contribution in [0.15, 0.2) is 22.2 Å². The molecule has 36 heavy (non-hydrogen) atoms. The molecule has 0 unspecified atom stereocenters. The van der Waals surface area contributed by atoms with Crippen LogP contribution in [0.2, 0.25) is 0 Å². The van der Waals surface area contributed by atoms with Crippen molar-refractivity contribution in [3.05, 3.63) is 32.9 Å². The van der Waals surface area contributed by atoms with Gasteiger partial charge in [0.1, 0.15) is 11.9 Å². The summed E-state index contributed by atoms with van der Waals surface area (Å²) in [5.41, 5.74) is 0.611. The highest BCUT2D eigenvalue weighted by Crippen LogP contribution is 2.30. The van der Waals surface area contributed by atoms with Crippen LogP contribution in [0.1, 0.15) is 69.0 Å². The Morgan fingerprint density at radius 2 is 1.94 bits per heavy atom. The molecule has 0 spiro atoms. The normalized spacial score (nSPS) is 31.2. The lowest BCUT2D eigenvalue weighted by Crippen LogP contribution is -2.55. The molecule has 1 aliphatic carbocycles. The van der Waals surface area contributed by atoms with Gasteiger partial charge in [0.25, 0.3) is 5.79 Å². The fourth-order valence-electron chi connectivity index (χ4n) is 4.23. The third-order valence-corrected chi connectivity index (χ3v) is 7.56. The lowest BCUT2D eigenvalue weighted by Gasteiger charge is -2.33. The summed E-state index contributed by atoms with van der Waals surface area (Å²) < 4.78 is 0. The molecule has 1 aliphatic rings. The molecule has 5 atom stereocenters. The van der Waals surface area contributed by atoms with Gasteiger partial charge in [0.15, 0.2) is 5.78 Å². The average molecular weight is 546 g/mol. The number of carbonyl (C=O) groups excluding carboxylic acids is 2. The summed E-state index contributed by atoms with van der Waals surface area (Å²) >= 11 is 7.94. The smallest absolute Gasteiger partial charge is 0.251 e. The maximum Gasteiger partial charge on any atom is 0.251 e. The van der Waals surface area contributed by atoms with Crippen LogP contribution in [0.25, 0.3) is 6.08 Å². The molecule has 0 saturated carbocycles. The van der Waals surface area contributed by atoms with Crippen molar-refractivity contribution >= 4 is 40.6 Å². The molecule has 2 rings (SSSR count). The van der Waals surface area contributed by atoms with E-state index >= 15 is 0 Å². The summed E-state index contributed by atoms with van der Waals surface area (Å²) in [5.74, 6) is -7.07. The minimum Gasteiger partial charge on any atom is -0.513 e. The van der Waals surface area contributed by atoms with Gasteiger partial charge < -0.3 is 30.6 Å². The monoisotopic (exact) mass is 545 g/mol. The number of carbonyl (C=O) groups is 2. The van der Waals surface area contributed by atoms with Gasteiger partial charge in [0.05, 0.1) is 34.6 Å². The number of hydrogen-bond acceptors (Lipinski definition) is 10. The Morgan fingerprint density at radius 3 is 2.56 bits per heavy atom. The molecule has 6 N–H and O–H groups in total. The molecule has 1 aromatic heterocycles. The molecular weight excluding hydrogens is 510 g/mol. The van der Waals surface area contributed by atoms with E-state index in [1.807, 2.05) is 6.92 Å². The second-order valence-corrected chi connectivity index (χ2v) is 10.8. The molecule has 0 amide bonds. The minimum absolute atomic E-state index is 0.0288. The molecule has 1 aromatic rings. The summed E-state index contributed by atoms with van der Waals surface area (Å²) in [6, 6.07) is 0. The molecule has 0 saturated heterocycles. The number of halogens is 1. The zero-order valence-corrected chi connectivity index (χ0v) is 22.1. The van der Waals surface area contributed by atoms with Crippen molar-refractivity contribution in [2.75, 3.05) is 0 Å². The quantitative estimate of drug-likeness (QED) is 0.311. The van der Waals surface area contributed by atoms with Gasteiger partial charge in [-0.05, 0) is 44.8 Å². The van der Waals surface area contributed by atoms with E-state index in [9.17, 15) is 40.2 Å². The van der Waals surface area contributed by atoms with Crippen LogP contribution >= 0.6 is 22.9 Å². The van der Waals surface area contributed by atoms with E-state index in [4.69, 9.17) is 11.6 Å². The molecule has 11 heteroatoms. The van der Waals surface area contributed by atoms with E-state index in [1.54, 1.807) is 18.4 Å². The zero-order chi connectivity index (χ0) is 27.0. The minimum atomic E-state index is -3.29. The number of allylic oxidation sites excluding steroid dienone is 3. The molecule has 0 radical (unpaired) electrons. The lowest BCUT2D eigenvalue weighted by atomic mass is 9.82. The van der Waals surface area contributed by atoms with Crippen LogP contribution in [0.3, 0.4) is 0 Å². The van der Waals surface area contributed by atoms with Gasteiger partial charge in [-0.15, -0.1) is 11.3 Å². The molecule has 0 aliphatic heterocycles. The number of ketones is 2. The van der Waals surface area contributed by atoms with Crippen LogP contribution in [0.5, 0.6) is 0 Å². The molecule has 9 nitrogen and oxygen atoms in total. The number of thiazole rings is 1. The topological polar surface area (TPSA) is 168 Å². The van der Waals surface area contributed by atoms with Gasteiger partial charge in [0, 0.05) is 35.6 Å². The van der Waals surface area contributed by atoms with E-state index in [0.717, 1.165) is 5.01 Å². The highest BCUT2D eigenvalue weighted by Gasteiger charge is 2.48. The van der Waals surface area contributed by atoms with E-state index < -0.39 is 53.9 Å². The molecule has 0 bridgehead atoms. The SMILES string of the molecule is CCC[C@H]1C(=O)C(O)(O)[C@@H](O)CC(=O)C[C@H](/C(Cl)=C/c2csc(C)n2)C/C=C(/O)CCC[C@H](O)[C@H]1O. The standard InChI is InChI=1S/C25H36ClNO8S/c1-3-5-19-23(32)21(30)7-4-6-17(28)9-8-15(20(26)11-16-13-36-14(2)27-16)10-18(29)12-22(31)25(34,35)24(19)33/h9,11,13,15,19,21-23,28,30-32,34-35H,3-8,10,12H2,1-2H3/b17-9+,20-11-/t15-,19-,21+,22+,23+/m1/s1. The largest absolute Gasteiger partial charge is 0.513 e. The number of hydrogen-bond donors (Lipinski definition) is 6. The van der Waals surface area contributed by atoms with Crippen LogP contribution in [0, 0.1) is 18.8 Å². The Bertz CT molecular complexity index is 960. The first-order valence-electron chi connectivity index (χ1n) is 12.1. The second kappa shape index (κ2) is 13.8. The Hall–Kier alpha value is -1.66. The van der Waals surface area contributed by atoms with Crippen LogP contribution in [0.4, 0.5) is 0 Å². The van der Waals surface area contributed by atoms with Crippen molar-refractivity contribution in [1.82, 2.24) is 4.98 Å². The summed E-state index contributed by atoms with van der Waals surface area (Å²) in [6.07, 6.45) is -1.81. The summed E-state index contributed by atoms with van der Waals surface area (Å²) in [7, 11) is 0. The average Bonchev–Trinajstić information content (AvgIpc) is 3.22. The third-order valence-electron chi connectivity index (χ3n) is 6.35. The van der Waals surface area contributed by atoms with Crippen molar-refractivity contribution in [3.63, 3.8) is 0 Å². The fourth-order valence-corrected chi connectivity index (χ4v) is 5.08. The van der Waals surface area contributed by atoms with Gasteiger partial charge in [0.2, 0.25) is 0 Å².